The van der Waals surface area contributed by atoms with Crippen molar-refractivity contribution in [2.75, 3.05) is 12.3 Å². The van der Waals surface area contributed by atoms with Crippen LogP contribution in [0.1, 0.15) is 37.0 Å². The first-order valence-corrected chi connectivity index (χ1v) is 6.73. The number of rotatable bonds is 1. The van der Waals surface area contributed by atoms with Crippen LogP contribution >= 0.6 is 11.6 Å². The summed E-state index contributed by atoms with van der Waals surface area (Å²) in [6.07, 6.45) is 2.08. The van der Waals surface area contributed by atoms with Crippen molar-refractivity contribution in [3.8, 4) is 0 Å². The highest BCUT2D eigenvalue weighted by molar-refractivity contribution is 6.34. The molecule has 0 saturated carbocycles. The summed E-state index contributed by atoms with van der Waals surface area (Å²) < 4.78 is 0. The standard InChI is InChI=1S/C14H19ClN2O/c1-9-6-7-17(10(2)8-9)14(18)13-11(15)4-3-5-12(13)16/h3-5,9-10H,6-8,16H2,1-2H3. The van der Waals surface area contributed by atoms with Gasteiger partial charge in [0.15, 0.2) is 0 Å². The van der Waals surface area contributed by atoms with E-state index in [4.69, 9.17) is 17.3 Å². The van der Waals surface area contributed by atoms with Gasteiger partial charge < -0.3 is 10.6 Å². The van der Waals surface area contributed by atoms with Gasteiger partial charge in [-0.2, -0.15) is 0 Å². The predicted molar refractivity (Wildman–Crippen MR) is 74.8 cm³/mol. The normalized spacial score (nSPS) is 24.1. The molecule has 1 amide bonds. The minimum absolute atomic E-state index is 0.0440. The number of carbonyl (C=O) groups is 1. The second kappa shape index (κ2) is 5.19. The number of benzene rings is 1. The Bertz CT molecular complexity index is 441. The summed E-state index contributed by atoms with van der Waals surface area (Å²) in [7, 11) is 0. The van der Waals surface area contributed by atoms with Gasteiger partial charge in [0.2, 0.25) is 0 Å². The van der Waals surface area contributed by atoms with E-state index in [1.807, 2.05) is 4.90 Å². The Hall–Kier alpha value is -1.22. The van der Waals surface area contributed by atoms with Crippen molar-refractivity contribution in [2.45, 2.75) is 32.7 Å². The summed E-state index contributed by atoms with van der Waals surface area (Å²) >= 11 is 6.09. The molecule has 2 unspecified atom stereocenters. The maximum absolute atomic E-state index is 12.5. The van der Waals surface area contributed by atoms with Gasteiger partial charge in [-0.05, 0) is 37.8 Å². The molecule has 3 nitrogen and oxygen atoms in total. The topological polar surface area (TPSA) is 46.3 Å². The first-order valence-electron chi connectivity index (χ1n) is 6.35. The Morgan fingerprint density at radius 1 is 1.44 bits per heavy atom. The van der Waals surface area contributed by atoms with Crippen LogP contribution in [-0.4, -0.2) is 23.4 Å². The number of nitrogen functional groups attached to an aromatic ring is 1. The van der Waals surface area contributed by atoms with Gasteiger partial charge in [0, 0.05) is 18.3 Å². The predicted octanol–water partition coefficient (Wildman–Crippen LogP) is 3.18. The number of halogens is 1. The van der Waals surface area contributed by atoms with E-state index < -0.39 is 0 Å². The number of anilines is 1. The van der Waals surface area contributed by atoms with Crippen molar-refractivity contribution in [1.82, 2.24) is 4.90 Å². The molecule has 1 aromatic carbocycles. The first-order chi connectivity index (χ1) is 8.50. The second-order valence-corrected chi connectivity index (χ2v) is 5.59. The summed E-state index contributed by atoms with van der Waals surface area (Å²) in [5.74, 6) is 0.630. The zero-order valence-corrected chi connectivity index (χ0v) is 11.6. The van der Waals surface area contributed by atoms with Crippen LogP contribution in [0, 0.1) is 5.92 Å². The van der Waals surface area contributed by atoms with E-state index in [2.05, 4.69) is 13.8 Å². The molecule has 0 spiro atoms. The number of carbonyl (C=O) groups excluding carboxylic acids is 1. The van der Waals surface area contributed by atoms with Gasteiger partial charge in [0.1, 0.15) is 0 Å². The molecule has 1 aliphatic heterocycles. The van der Waals surface area contributed by atoms with Crippen LogP contribution in [0.4, 0.5) is 5.69 Å². The van der Waals surface area contributed by atoms with Crippen molar-refractivity contribution in [1.29, 1.82) is 0 Å². The van der Waals surface area contributed by atoms with Crippen molar-refractivity contribution < 1.29 is 4.79 Å². The molecule has 0 aromatic heterocycles. The monoisotopic (exact) mass is 266 g/mol. The van der Waals surface area contributed by atoms with Gasteiger partial charge >= 0.3 is 0 Å². The average molecular weight is 267 g/mol. The molecule has 0 bridgehead atoms. The van der Waals surface area contributed by atoms with Crippen LogP contribution in [0.3, 0.4) is 0 Å². The molecule has 1 aromatic rings. The van der Waals surface area contributed by atoms with E-state index in [-0.39, 0.29) is 11.9 Å². The second-order valence-electron chi connectivity index (χ2n) is 5.18. The fourth-order valence-corrected chi connectivity index (χ4v) is 2.88. The van der Waals surface area contributed by atoms with Crippen LogP contribution in [0.2, 0.25) is 5.02 Å². The number of likely N-dealkylation sites (tertiary alicyclic amines) is 1. The highest BCUT2D eigenvalue weighted by atomic mass is 35.5. The van der Waals surface area contributed by atoms with Crippen molar-refractivity contribution in [3.05, 3.63) is 28.8 Å². The summed E-state index contributed by atoms with van der Waals surface area (Å²) in [5.41, 5.74) is 6.77. The van der Waals surface area contributed by atoms with Crippen LogP contribution in [0.15, 0.2) is 18.2 Å². The smallest absolute Gasteiger partial charge is 0.257 e. The summed E-state index contributed by atoms with van der Waals surface area (Å²) in [4.78, 5) is 14.4. The van der Waals surface area contributed by atoms with Gasteiger partial charge in [-0.1, -0.05) is 24.6 Å². The maximum Gasteiger partial charge on any atom is 0.257 e. The molecule has 4 heteroatoms. The summed E-state index contributed by atoms with van der Waals surface area (Å²) in [6, 6.07) is 5.44. The maximum atomic E-state index is 12.5. The molecule has 2 atom stereocenters. The molecular weight excluding hydrogens is 248 g/mol. The summed E-state index contributed by atoms with van der Waals surface area (Å²) in [6.45, 7) is 5.09. The van der Waals surface area contributed by atoms with E-state index in [0.717, 1.165) is 19.4 Å². The minimum atomic E-state index is -0.0440. The number of piperidine rings is 1. The van der Waals surface area contributed by atoms with Crippen molar-refractivity contribution >= 4 is 23.2 Å². The third kappa shape index (κ3) is 2.46. The van der Waals surface area contributed by atoms with Crippen LogP contribution in [-0.2, 0) is 0 Å². The third-order valence-electron chi connectivity index (χ3n) is 3.66. The Labute approximate surface area is 113 Å². The van der Waals surface area contributed by atoms with Crippen LogP contribution in [0.5, 0.6) is 0 Å². The zero-order valence-electron chi connectivity index (χ0n) is 10.8. The first kappa shape index (κ1) is 13.2. The SMILES string of the molecule is CC1CCN(C(=O)c2c(N)cccc2Cl)C(C)C1. The molecule has 1 fully saturated rings. The highest BCUT2D eigenvalue weighted by Crippen LogP contribution is 2.28. The molecule has 18 heavy (non-hydrogen) atoms. The molecule has 1 saturated heterocycles. The number of nitrogens with two attached hydrogens (primary N) is 1. The van der Waals surface area contributed by atoms with Crippen molar-refractivity contribution in [2.24, 2.45) is 5.92 Å². The molecule has 98 valence electrons. The molecule has 2 N–H and O–H groups in total. The number of nitrogens with zero attached hydrogens (tertiary/aromatic N) is 1. The summed E-state index contributed by atoms with van der Waals surface area (Å²) in [5, 5.41) is 0.436. The van der Waals surface area contributed by atoms with Gasteiger partial charge in [-0.15, -0.1) is 0 Å². The van der Waals surface area contributed by atoms with Gasteiger partial charge in [0.05, 0.1) is 10.6 Å². The van der Waals surface area contributed by atoms with E-state index in [1.165, 1.54) is 0 Å². The Balaban J connectivity index is 2.26. The fourth-order valence-electron chi connectivity index (χ4n) is 2.62. The lowest BCUT2D eigenvalue weighted by molar-refractivity contribution is 0.0590. The lowest BCUT2D eigenvalue weighted by Crippen LogP contribution is -2.44. The number of hydrogen-bond donors (Lipinski definition) is 1. The molecule has 1 heterocycles. The fraction of sp³-hybridized carbons (Fsp3) is 0.500. The minimum Gasteiger partial charge on any atom is -0.398 e. The number of amides is 1. The van der Waals surface area contributed by atoms with Crippen LogP contribution in [0.25, 0.3) is 0 Å². The quantitative estimate of drug-likeness (QED) is 0.794. The molecule has 1 aliphatic rings. The third-order valence-corrected chi connectivity index (χ3v) is 3.97. The van der Waals surface area contributed by atoms with Gasteiger partial charge in [-0.3, -0.25) is 4.79 Å². The van der Waals surface area contributed by atoms with E-state index >= 15 is 0 Å². The van der Waals surface area contributed by atoms with Crippen molar-refractivity contribution in [3.63, 3.8) is 0 Å². The lowest BCUT2D eigenvalue weighted by Gasteiger charge is -2.36. The molecule has 2 rings (SSSR count). The van der Waals surface area contributed by atoms with Gasteiger partial charge in [0.25, 0.3) is 5.91 Å². The Morgan fingerprint density at radius 3 is 2.78 bits per heavy atom. The largest absolute Gasteiger partial charge is 0.398 e. The average Bonchev–Trinajstić information content (AvgIpc) is 2.28. The Kier molecular flexibility index (Phi) is 3.81. The van der Waals surface area contributed by atoms with E-state index in [9.17, 15) is 4.79 Å². The molecular formula is C14H19ClN2O. The van der Waals surface area contributed by atoms with Gasteiger partial charge in [-0.25, -0.2) is 0 Å². The van der Waals surface area contributed by atoms with E-state index in [1.54, 1.807) is 18.2 Å². The zero-order chi connectivity index (χ0) is 13.3. The molecule has 0 aliphatic carbocycles. The molecule has 0 radical (unpaired) electrons. The lowest BCUT2D eigenvalue weighted by atomic mass is 9.92. The number of hydrogen-bond acceptors (Lipinski definition) is 2. The van der Waals surface area contributed by atoms with Crippen LogP contribution < -0.4 is 5.73 Å². The Morgan fingerprint density at radius 2 is 2.17 bits per heavy atom. The van der Waals surface area contributed by atoms with E-state index in [0.29, 0.717) is 22.2 Å². The highest BCUT2D eigenvalue weighted by Gasteiger charge is 2.29.